The Balaban J connectivity index is 1.40. The van der Waals surface area contributed by atoms with Crippen LogP contribution >= 0.6 is 22.9 Å². The Kier molecular flexibility index (Phi) is 5.35. The number of hydrogen-bond acceptors (Lipinski definition) is 4. The highest BCUT2D eigenvalue weighted by molar-refractivity contribution is 7.13. The molecule has 2 aromatic rings. The minimum Gasteiger partial charge on any atom is -0.345 e. The van der Waals surface area contributed by atoms with Crippen molar-refractivity contribution in [1.82, 2.24) is 15.2 Å². The zero-order valence-electron chi connectivity index (χ0n) is 12.7. The van der Waals surface area contributed by atoms with Gasteiger partial charge in [-0.3, -0.25) is 0 Å². The molecular formula is C16H19ClN4OS. The molecule has 1 aliphatic heterocycles. The minimum atomic E-state index is 0.0118. The Labute approximate surface area is 144 Å². The van der Waals surface area contributed by atoms with Crippen molar-refractivity contribution in [3.05, 3.63) is 46.4 Å². The Morgan fingerprint density at radius 3 is 2.61 bits per heavy atom. The molecule has 2 heterocycles. The molecule has 0 saturated carbocycles. The lowest BCUT2D eigenvalue weighted by molar-refractivity contribution is 0.194. The van der Waals surface area contributed by atoms with Gasteiger partial charge in [-0.05, 0) is 24.1 Å². The summed E-state index contributed by atoms with van der Waals surface area (Å²) in [6.45, 7) is 3.75. The summed E-state index contributed by atoms with van der Waals surface area (Å²) in [7, 11) is 0. The van der Waals surface area contributed by atoms with E-state index >= 15 is 0 Å². The quantitative estimate of drug-likeness (QED) is 0.922. The maximum Gasteiger partial charge on any atom is 0.317 e. The molecule has 7 heteroatoms. The number of benzene rings is 1. The standard InChI is InChI=1S/C16H19ClN4OS/c17-14-3-1-13(2-4-14)5-6-18-15(22)20-8-10-21(11-9-20)16-19-7-12-23-16/h1-4,7,12H,5-6,8-11H2,(H,18,22). The van der Waals surface area contributed by atoms with Crippen molar-refractivity contribution in [2.24, 2.45) is 0 Å². The topological polar surface area (TPSA) is 48.5 Å². The van der Waals surface area contributed by atoms with E-state index in [-0.39, 0.29) is 6.03 Å². The molecule has 0 radical (unpaired) electrons. The van der Waals surface area contributed by atoms with Gasteiger partial charge in [-0.25, -0.2) is 9.78 Å². The second-order valence-electron chi connectivity index (χ2n) is 5.40. The number of nitrogens with zero attached hydrogens (tertiary/aromatic N) is 3. The van der Waals surface area contributed by atoms with Crippen LogP contribution in [0.4, 0.5) is 9.93 Å². The van der Waals surface area contributed by atoms with Gasteiger partial charge >= 0.3 is 6.03 Å². The van der Waals surface area contributed by atoms with E-state index in [1.807, 2.05) is 40.7 Å². The monoisotopic (exact) mass is 350 g/mol. The number of rotatable bonds is 4. The molecule has 2 amide bonds. The number of urea groups is 1. The fraction of sp³-hybridized carbons (Fsp3) is 0.375. The number of thiazole rings is 1. The van der Waals surface area contributed by atoms with E-state index in [2.05, 4.69) is 15.2 Å². The Hall–Kier alpha value is -1.79. The van der Waals surface area contributed by atoms with Crippen LogP contribution in [0.1, 0.15) is 5.56 Å². The molecule has 0 atom stereocenters. The third-order valence-corrected chi connectivity index (χ3v) is 4.94. The van der Waals surface area contributed by atoms with Gasteiger partial charge in [-0.15, -0.1) is 11.3 Å². The number of anilines is 1. The Morgan fingerprint density at radius 1 is 1.22 bits per heavy atom. The van der Waals surface area contributed by atoms with Crippen molar-refractivity contribution in [1.29, 1.82) is 0 Å². The number of aromatic nitrogens is 1. The van der Waals surface area contributed by atoms with E-state index < -0.39 is 0 Å². The number of halogens is 1. The first-order valence-electron chi connectivity index (χ1n) is 7.64. The van der Waals surface area contributed by atoms with Gasteiger partial charge < -0.3 is 15.1 Å². The zero-order valence-corrected chi connectivity index (χ0v) is 14.3. The van der Waals surface area contributed by atoms with Crippen LogP contribution in [-0.4, -0.2) is 48.6 Å². The van der Waals surface area contributed by atoms with Crippen molar-refractivity contribution >= 4 is 34.1 Å². The number of amides is 2. The molecule has 0 aliphatic carbocycles. The van der Waals surface area contributed by atoms with Crippen molar-refractivity contribution in [3.8, 4) is 0 Å². The smallest absolute Gasteiger partial charge is 0.317 e. The molecular weight excluding hydrogens is 332 g/mol. The van der Waals surface area contributed by atoms with E-state index in [1.165, 1.54) is 5.56 Å². The van der Waals surface area contributed by atoms with Gasteiger partial charge in [-0.1, -0.05) is 23.7 Å². The third-order valence-electron chi connectivity index (χ3n) is 3.86. The number of carbonyl (C=O) groups excluding carboxylic acids is 1. The summed E-state index contributed by atoms with van der Waals surface area (Å²) in [5, 5.41) is 6.73. The van der Waals surface area contributed by atoms with Gasteiger partial charge in [0, 0.05) is 49.3 Å². The predicted octanol–water partition coefficient (Wildman–Crippen LogP) is 2.87. The van der Waals surface area contributed by atoms with Crippen LogP contribution < -0.4 is 10.2 Å². The average molecular weight is 351 g/mol. The van der Waals surface area contributed by atoms with E-state index in [0.29, 0.717) is 6.54 Å². The maximum atomic E-state index is 12.2. The fourth-order valence-corrected chi connectivity index (χ4v) is 3.37. The molecule has 1 aliphatic rings. The molecule has 1 fully saturated rings. The highest BCUT2D eigenvalue weighted by Crippen LogP contribution is 2.18. The molecule has 1 saturated heterocycles. The van der Waals surface area contributed by atoms with Crippen LogP contribution in [0.25, 0.3) is 0 Å². The minimum absolute atomic E-state index is 0.0118. The number of nitrogens with one attached hydrogen (secondary N) is 1. The summed E-state index contributed by atoms with van der Waals surface area (Å²) >= 11 is 7.50. The van der Waals surface area contributed by atoms with Crippen LogP contribution in [0.2, 0.25) is 5.02 Å². The largest absolute Gasteiger partial charge is 0.345 e. The summed E-state index contributed by atoms with van der Waals surface area (Å²) in [4.78, 5) is 20.6. The van der Waals surface area contributed by atoms with Crippen molar-refractivity contribution < 1.29 is 4.79 Å². The predicted molar refractivity (Wildman–Crippen MR) is 94.5 cm³/mol. The highest BCUT2D eigenvalue weighted by atomic mass is 35.5. The zero-order chi connectivity index (χ0) is 16.1. The van der Waals surface area contributed by atoms with Gasteiger partial charge in [0.1, 0.15) is 0 Å². The fourth-order valence-electron chi connectivity index (χ4n) is 2.55. The highest BCUT2D eigenvalue weighted by Gasteiger charge is 2.21. The lowest BCUT2D eigenvalue weighted by Gasteiger charge is -2.34. The van der Waals surface area contributed by atoms with Crippen molar-refractivity contribution in [2.45, 2.75) is 6.42 Å². The summed E-state index contributed by atoms with van der Waals surface area (Å²) < 4.78 is 0. The van der Waals surface area contributed by atoms with Gasteiger partial charge in [0.25, 0.3) is 0 Å². The van der Waals surface area contributed by atoms with E-state index in [1.54, 1.807) is 11.3 Å². The molecule has 3 rings (SSSR count). The first-order valence-corrected chi connectivity index (χ1v) is 8.90. The summed E-state index contributed by atoms with van der Waals surface area (Å²) in [6.07, 6.45) is 2.62. The van der Waals surface area contributed by atoms with E-state index in [9.17, 15) is 4.79 Å². The lowest BCUT2D eigenvalue weighted by Crippen LogP contribution is -2.52. The lowest BCUT2D eigenvalue weighted by atomic mass is 10.1. The molecule has 23 heavy (non-hydrogen) atoms. The molecule has 1 aromatic carbocycles. The molecule has 1 aromatic heterocycles. The van der Waals surface area contributed by atoms with Crippen molar-refractivity contribution in [3.63, 3.8) is 0 Å². The molecule has 1 N–H and O–H groups in total. The van der Waals surface area contributed by atoms with Crippen LogP contribution in [0, 0.1) is 0 Å². The summed E-state index contributed by atoms with van der Waals surface area (Å²) in [6, 6.07) is 7.73. The summed E-state index contributed by atoms with van der Waals surface area (Å²) in [5.41, 5.74) is 1.17. The first-order chi connectivity index (χ1) is 11.2. The van der Waals surface area contributed by atoms with E-state index in [0.717, 1.165) is 42.8 Å². The summed E-state index contributed by atoms with van der Waals surface area (Å²) in [5.74, 6) is 0. The number of hydrogen-bond donors (Lipinski definition) is 1. The molecule has 0 spiro atoms. The molecule has 0 unspecified atom stereocenters. The first kappa shape index (κ1) is 16.1. The van der Waals surface area contributed by atoms with Crippen LogP contribution in [-0.2, 0) is 6.42 Å². The van der Waals surface area contributed by atoms with Crippen LogP contribution in [0.15, 0.2) is 35.8 Å². The Morgan fingerprint density at radius 2 is 1.96 bits per heavy atom. The van der Waals surface area contributed by atoms with Crippen molar-refractivity contribution in [2.75, 3.05) is 37.6 Å². The maximum absolute atomic E-state index is 12.2. The average Bonchev–Trinajstić information content (AvgIpc) is 3.11. The van der Waals surface area contributed by atoms with Crippen LogP contribution in [0.3, 0.4) is 0 Å². The second kappa shape index (κ2) is 7.66. The molecule has 5 nitrogen and oxygen atoms in total. The van der Waals surface area contributed by atoms with Gasteiger partial charge in [0.2, 0.25) is 0 Å². The van der Waals surface area contributed by atoms with Crippen LogP contribution in [0.5, 0.6) is 0 Å². The van der Waals surface area contributed by atoms with Gasteiger partial charge in [0.05, 0.1) is 0 Å². The number of piperazine rings is 1. The molecule has 122 valence electrons. The van der Waals surface area contributed by atoms with E-state index in [4.69, 9.17) is 11.6 Å². The second-order valence-corrected chi connectivity index (χ2v) is 6.71. The third kappa shape index (κ3) is 4.36. The van der Waals surface area contributed by atoms with Gasteiger partial charge in [0.15, 0.2) is 5.13 Å². The number of carbonyl (C=O) groups is 1. The molecule has 0 bridgehead atoms. The Bertz CT molecular complexity index is 624. The SMILES string of the molecule is O=C(NCCc1ccc(Cl)cc1)N1CCN(c2nccs2)CC1. The van der Waals surface area contributed by atoms with Gasteiger partial charge in [-0.2, -0.15) is 0 Å². The normalized spacial score (nSPS) is 14.8.